The van der Waals surface area contributed by atoms with Crippen molar-refractivity contribution in [2.45, 2.75) is 52.0 Å². The van der Waals surface area contributed by atoms with Crippen LogP contribution in [0.25, 0.3) is 0 Å². The highest BCUT2D eigenvalue weighted by Gasteiger charge is 2.29. The Labute approximate surface area is 106 Å². The molecule has 0 bridgehead atoms. The summed E-state index contributed by atoms with van der Waals surface area (Å²) >= 11 is 0. The second-order valence-electron chi connectivity index (χ2n) is 5.76. The van der Waals surface area contributed by atoms with Gasteiger partial charge in [0, 0.05) is 6.04 Å². The van der Waals surface area contributed by atoms with E-state index in [9.17, 15) is 0 Å². The molecular weight excluding hydrogens is 206 g/mol. The number of hydrogen-bond acceptors (Lipinski definition) is 1. The molecule has 1 aromatic carbocycles. The zero-order valence-electron chi connectivity index (χ0n) is 11.4. The van der Waals surface area contributed by atoms with E-state index in [4.69, 9.17) is 0 Å². The van der Waals surface area contributed by atoms with Crippen LogP contribution in [-0.2, 0) is 6.42 Å². The summed E-state index contributed by atoms with van der Waals surface area (Å²) in [4.78, 5) is 0. The van der Waals surface area contributed by atoms with Crippen LogP contribution in [0.2, 0.25) is 0 Å². The quantitative estimate of drug-likeness (QED) is 0.814. The van der Waals surface area contributed by atoms with Crippen molar-refractivity contribution in [1.82, 2.24) is 5.32 Å². The zero-order valence-corrected chi connectivity index (χ0v) is 11.4. The lowest BCUT2D eigenvalue weighted by Gasteiger charge is -2.36. The van der Waals surface area contributed by atoms with E-state index in [0.29, 0.717) is 0 Å². The van der Waals surface area contributed by atoms with E-state index in [0.717, 1.165) is 24.4 Å². The van der Waals surface area contributed by atoms with E-state index in [-0.39, 0.29) is 0 Å². The van der Waals surface area contributed by atoms with Gasteiger partial charge in [0.25, 0.3) is 0 Å². The van der Waals surface area contributed by atoms with Gasteiger partial charge < -0.3 is 5.32 Å². The minimum Gasteiger partial charge on any atom is -0.314 e. The average molecular weight is 231 g/mol. The van der Waals surface area contributed by atoms with Gasteiger partial charge in [0.2, 0.25) is 0 Å². The van der Waals surface area contributed by atoms with Crippen LogP contribution in [0.1, 0.15) is 50.7 Å². The Morgan fingerprint density at radius 1 is 1.18 bits per heavy atom. The van der Waals surface area contributed by atoms with E-state index in [1.165, 1.54) is 30.4 Å². The van der Waals surface area contributed by atoms with Crippen LogP contribution in [0.5, 0.6) is 0 Å². The fourth-order valence-corrected chi connectivity index (χ4v) is 2.74. The smallest absolute Gasteiger partial charge is 0.00786 e. The van der Waals surface area contributed by atoms with Crippen molar-refractivity contribution in [2.75, 3.05) is 6.54 Å². The number of rotatable bonds is 5. The zero-order chi connectivity index (χ0) is 12.3. The van der Waals surface area contributed by atoms with Gasteiger partial charge in [-0.25, -0.2) is 0 Å². The van der Waals surface area contributed by atoms with E-state index in [1.54, 1.807) is 0 Å². The fraction of sp³-hybridized carbons (Fsp3) is 0.625. The van der Waals surface area contributed by atoms with Crippen LogP contribution in [0.3, 0.4) is 0 Å². The largest absolute Gasteiger partial charge is 0.314 e. The van der Waals surface area contributed by atoms with Gasteiger partial charge in [0.05, 0.1) is 0 Å². The normalized spacial score (nSPS) is 23.8. The first kappa shape index (κ1) is 12.6. The lowest BCUT2D eigenvalue weighted by Crippen LogP contribution is -2.39. The molecule has 1 nitrogen and oxygen atoms in total. The van der Waals surface area contributed by atoms with Crippen molar-refractivity contribution >= 4 is 0 Å². The summed E-state index contributed by atoms with van der Waals surface area (Å²) in [6.07, 6.45) is 3.83. The highest BCUT2D eigenvalue weighted by Crippen LogP contribution is 2.36. The molecule has 1 saturated carbocycles. The lowest BCUT2D eigenvalue weighted by molar-refractivity contribution is 0.296. The predicted octanol–water partition coefficient (Wildman–Crippen LogP) is 3.74. The molecule has 17 heavy (non-hydrogen) atoms. The van der Waals surface area contributed by atoms with Gasteiger partial charge in [0.15, 0.2) is 0 Å². The molecule has 1 fully saturated rings. The molecule has 0 amide bonds. The van der Waals surface area contributed by atoms with Crippen LogP contribution in [0.15, 0.2) is 24.3 Å². The molecule has 0 saturated heterocycles. The first-order valence-electron chi connectivity index (χ1n) is 7.01. The third-order valence-corrected chi connectivity index (χ3v) is 3.73. The molecular formula is C16H25N. The molecule has 1 aliphatic rings. The minimum absolute atomic E-state index is 0.752. The molecule has 1 aliphatic carbocycles. The molecule has 0 aromatic heterocycles. The van der Waals surface area contributed by atoms with Gasteiger partial charge in [0.1, 0.15) is 0 Å². The fourth-order valence-electron chi connectivity index (χ4n) is 2.74. The molecule has 1 heteroatoms. The van der Waals surface area contributed by atoms with Gasteiger partial charge in [-0.2, -0.15) is 0 Å². The molecule has 1 aromatic rings. The van der Waals surface area contributed by atoms with Crippen molar-refractivity contribution in [2.24, 2.45) is 5.92 Å². The van der Waals surface area contributed by atoms with Crippen LogP contribution in [-0.4, -0.2) is 12.6 Å². The molecule has 0 spiro atoms. The Balaban J connectivity index is 1.87. The van der Waals surface area contributed by atoms with Crippen molar-refractivity contribution in [3.63, 3.8) is 0 Å². The molecule has 0 radical (unpaired) electrons. The summed E-state index contributed by atoms with van der Waals surface area (Å²) < 4.78 is 0. The maximum atomic E-state index is 3.52. The van der Waals surface area contributed by atoms with Crippen LogP contribution in [0.4, 0.5) is 0 Å². The van der Waals surface area contributed by atoms with Gasteiger partial charge in [-0.3, -0.25) is 0 Å². The summed E-state index contributed by atoms with van der Waals surface area (Å²) in [5.74, 6) is 1.55. The third kappa shape index (κ3) is 3.32. The lowest BCUT2D eigenvalue weighted by atomic mass is 9.75. The molecule has 2 rings (SSSR count). The molecule has 0 unspecified atom stereocenters. The summed E-state index contributed by atoms with van der Waals surface area (Å²) in [6, 6.07) is 10.1. The van der Waals surface area contributed by atoms with E-state index in [1.807, 2.05) is 0 Å². The average Bonchev–Trinajstić information content (AvgIpc) is 2.24. The van der Waals surface area contributed by atoms with Gasteiger partial charge in [-0.15, -0.1) is 0 Å². The van der Waals surface area contributed by atoms with Crippen LogP contribution in [0, 0.1) is 5.92 Å². The molecule has 0 atom stereocenters. The summed E-state index contributed by atoms with van der Waals surface area (Å²) in [7, 11) is 0. The Morgan fingerprint density at radius 3 is 2.35 bits per heavy atom. The standard InChI is InChI=1S/C16H25N/c1-4-17-16-10-15(11-16)14-7-5-13(6-8-14)9-12(2)3/h5-8,12,15-17H,4,9-11H2,1-3H3. The summed E-state index contributed by atoms with van der Waals surface area (Å²) in [6.45, 7) is 7.85. The van der Waals surface area contributed by atoms with Gasteiger partial charge in [-0.1, -0.05) is 45.0 Å². The highest BCUT2D eigenvalue weighted by atomic mass is 14.9. The van der Waals surface area contributed by atoms with Crippen molar-refractivity contribution in [3.05, 3.63) is 35.4 Å². The van der Waals surface area contributed by atoms with Crippen LogP contribution < -0.4 is 5.32 Å². The van der Waals surface area contributed by atoms with E-state index < -0.39 is 0 Å². The summed E-state index contributed by atoms with van der Waals surface area (Å²) in [5.41, 5.74) is 3.01. The monoisotopic (exact) mass is 231 g/mol. The maximum absolute atomic E-state index is 3.52. The molecule has 1 N–H and O–H groups in total. The summed E-state index contributed by atoms with van der Waals surface area (Å²) in [5, 5.41) is 3.52. The Hall–Kier alpha value is -0.820. The second kappa shape index (κ2) is 5.68. The topological polar surface area (TPSA) is 12.0 Å². The van der Waals surface area contributed by atoms with E-state index in [2.05, 4.69) is 50.4 Å². The van der Waals surface area contributed by atoms with Crippen molar-refractivity contribution in [3.8, 4) is 0 Å². The van der Waals surface area contributed by atoms with Gasteiger partial charge >= 0.3 is 0 Å². The molecule has 0 aliphatic heterocycles. The maximum Gasteiger partial charge on any atom is 0.00786 e. The number of hydrogen-bond donors (Lipinski definition) is 1. The van der Waals surface area contributed by atoms with Crippen molar-refractivity contribution in [1.29, 1.82) is 0 Å². The minimum atomic E-state index is 0.752. The van der Waals surface area contributed by atoms with Crippen LogP contribution >= 0.6 is 0 Å². The second-order valence-corrected chi connectivity index (χ2v) is 5.76. The molecule has 94 valence electrons. The number of nitrogens with one attached hydrogen (secondary N) is 1. The Morgan fingerprint density at radius 2 is 1.82 bits per heavy atom. The van der Waals surface area contributed by atoms with E-state index >= 15 is 0 Å². The Kier molecular flexibility index (Phi) is 4.22. The Bertz CT molecular complexity index is 333. The van der Waals surface area contributed by atoms with Crippen molar-refractivity contribution < 1.29 is 0 Å². The molecule has 0 heterocycles. The first-order valence-corrected chi connectivity index (χ1v) is 7.01. The highest BCUT2D eigenvalue weighted by molar-refractivity contribution is 5.27. The SMILES string of the molecule is CCNC1CC(c2ccc(CC(C)C)cc2)C1. The number of benzene rings is 1. The third-order valence-electron chi connectivity index (χ3n) is 3.73. The predicted molar refractivity (Wildman–Crippen MR) is 74.4 cm³/mol. The van der Waals surface area contributed by atoms with Gasteiger partial charge in [-0.05, 0) is 48.8 Å². The first-order chi connectivity index (χ1) is 8.19.